The van der Waals surface area contributed by atoms with Crippen LogP contribution in [0.25, 0.3) is 0 Å². The van der Waals surface area contributed by atoms with Crippen molar-refractivity contribution in [2.24, 2.45) is 0 Å². The van der Waals surface area contributed by atoms with Gasteiger partial charge in [-0.05, 0) is 57.2 Å². The fraction of sp³-hybridized carbons (Fsp3) is 0.190. The van der Waals surface area contributed by atoms with E-state index in [-0.39, 0.29) is 10.8 Å². The summed E-state index contributed by atoms with van der Waals surface area (Å²) in [6.45, 7) is 5.28. The summed E-state index contributed by atoms with van der Waals surface area (Å²) < 4.78 is 32.9. The molecule has 0 aliphatic rings. The number of ether oxygens (including phenoxy) is 1. The molecule has 0 fully saturated rings. The van der Waals surface area contributed by atoms with Crippen molar-refractivity contribution in [1.29, 1.82) is 0 Å². The maximum Gasteiger partial charge on any atom is 0.255 e. The van der Waals surface area contributed by atoms with E-state index in [2.05, 4.69) is 20.0 Å². The lowest BCUT2D eigenvalue weighted by Gasteiger charge is -2.20. The molecule has 0 spiro atoms. The highest BCUT2D eigenvalue weighted by Gasteiger charge is 2.22. The van der Waals surface area contributed by atoms with Crippen LogP contribution in [0.5, 0.6) is 11.6 Å². The summed E-state index contributed by atoms with van der Waals surface area (Å²) in [5.74, 6) is 0.448. The molecule has 0 radical (unpaired) electrons. The predicted octanol–water partition coefficient (Wildman–Crippen LogP) is 3.60. The molecule has 0 bridgehead atoms. The summed E-state index contributed by atoms with van der Waals surface area (Å²) in [6, 6.07) is 12.6. The molecular formula is C21H22N4O4S. The Labute approximate surface area is 175 Å². The van der Waals surface area contributed by atoms with Crippen LogP contribution >= 0.6 is 0 Å². The average Bonchev–Trinajstić information content (AvgIpc) is 2.67. The Balaban J connectivity index is 1.70. The lowest BCUT2D eigenvalue weighted by atomic mass is 10.1. The number of hydrogen-bond acceptors (Lipinski definition) is 6. The van der Waals surface area contributed by atoms with Gasteiger partial charge in [-0.1, -0.05) is 6.07 Å². The van der Waals surface area contributed by atoms with E-state index in [0.29, 0.717) is 22.9 Å². The number of nitrogens with zero attached hydrogens (tertiary/aromatic N) is 2. The Morgan fingerprint density at radius 2 is 1.77 bits per heavy atom. The Kier molecular flexibility index (Phi) is 6.14. The van der Waals surface area contributed by atoms with Crippen molar-refractivity contribution in [2.45, 2.75) is 31.2 Å². The van der Waals surface area contributed by atoms with Gasteiger partial charge in [0.2, 0.25) is 15.9 Å². The Morgan fingerprint density at radius 3 is 2.40 bits per heavy atom. The molecule has 0 aliphatic carbocycles. The van der Waals surface area contributed by atoms with E-state index in [4.69, 9.17) is 4.74 Å². The zero-order valence-electron chi connectivity index (χ0n) is 16.8. The van der Waals surface area contributed by atoms with Crippen LogP contribution in [0.3, 0.4) is 0 Å². The van der Waals surface area contributed by atoms with Gasteiger partial charge in [0.25, 0.3) is 5.91 Å². The molecule has 156 valence electrons. The molecule has 1 amide bonds. The van der Waals surface area contributed by atoms with Gasteiger partial charge >= 0.3 is 0 Å². The van der Waals surface area contributed by atoms with Gasteiger partial charge in [0.15, 0.2) is 0 Å². The molecule has 0 atom stereocenters. The van der Waals surface area contributed by atoms with E-state index in [1.807, 2.05) is 0 Å². The summed E-state index contributed by atoms with van der Waals surface area (Å²) in [7, 11) is -3.66. The second-order valence-electron chi connectivity index (χ2n) is 7.51. The molecule has 1 aromatic heterocycles. The van der Waals surface area contributed by atoms with E-state index in [1.165, 1.54) is 36.7 Å². The van der Waals surface area contributed by atoms with Crippen molar-refractivity contribution < 1.29 is 17.9 Å². The highest BCUT2D eigenvalue weighted by Crippen LogP contribution is 2.22. The average molecular weight is 426 g/mol. The fourth-order valence-corrected chi connectivity index (χ4v) is 3.97. The largest absolute Gasteiger partial charge is 0.437 e. The van der Waals surface area contributed by atoms with E-state index in [0.717, 1.165) is 0 Å². The first kappa shape index (κ1) is 21.4. The second-order valence-corrected chi connectivity index (χ2v) is 9.19. The molecule has 30 heavy (non-hydrogen) atoms. The molecule has 0 aliphatic heterocycles. The van der Waals surface area contributed by atoms with Crippen molar-refractivity contribution in [2.75, 3.05) is 5.32 Å². The standard InChI is InChI=1S/C21H22N4O4S/c1-21(2,3)25-30(27,28)18-9-7-15(8-10-18)20(26)24-16-5-4-6-17(13-16)29-19-14-22-11-12-23-19/h4-14,25H,1-3H3,(H,24,26). The molecule has 3 rings (SSSR count). The van der Waals surface area contributed by atoms with E-state index >= 15 is 0 Å². The third-order valence-corrected chi connectivity index (χ3v) is 5.50. The van der Waals surface area contributed by atoms with Gasteiger partial charge in [0.1, 0.15) is 5.75 Å². The van der Waals surface area contributed by atoms with E-state index < -0.39 is 15.6 Å². The van der Waals surface area contributed by atoms with Crippen molar-refractivity contribution in [1.82, 2.24) is 14.7 Å². The minimum atomic E-state index is -3.66. The minimum Gasteiger partial charge on any atom is -0.437 e. The molecule has 9 heteroatoms. The monoisotopic (exact) mass is 426 g/mol. The minimum absolute atomic E-state index is 0.0911. The molecule has 0 unspecified atom stereocenters. The molecule has 1 heterocycles. The third-order valence-electron chi connectivity index (χ3n) is 3.72. The number of amides is 1. The zero-order chi connectivity index (χ0) is 21.8. The summed E-state index contributed by atoms with van der Waals surface area (Å²) in [5, 5.41) is 2.76. The van der Waals surface area contributed by atoms with Crippen molar-refractivity contribution in [3.05, 3.63) is 72.7 Å². The Bertz CT molecular complexity index is 1130. The number of carbonyl (C=O) groups is 1. The molecule has 0 saturated heterocycles. The second kappa shape index (κ2) is 8.60. The smallest absolute Gasteiger partial charge is 0.255 e. The number of carbonyl (C=O) groups excluding carboxylic acids is 1. The van der Waals surface area contributed by atoms with Gasteiger partial charge in [-0.15, -0.1) is 0 Å². The van der Waals surface area contributed by atoms with Gasteiger partial charge in [0, 0.05) is 35.2 Å². The number of rotatable bonds is 6. The van der Waals surface area contributed by atoms with Gasteiger partial charge in [0.05, 0.1) is 11.1 Å². The first-order valence-corrected chi connectivity index (χ1v) is 10.6. The number of aromatic nitrogens is 2. The fourth-order valence-electron chi connectivity index (χ4n) is 2.55. The number of nitrogens with one attached hydrogen (secondary N) is 2. The summed E-state index contributed by atoms with van der Waals surface area (Å²) in [6.07, 6.45) is 4.54. The summed E-state index contributed by atoms with van der Waals surface area (Å²) in [5.41, 5.74) is 0.241. The van der Waals surface area contributed by atoms with Crippen molar-refractivity contribution >= 4 is 21.6 Å². The highest BCUT2D eigenvalue weighted by molar-refractivity contribution is 7.89. The van der Waals surface area contributed by atoms with Crippen LogP contribution in [0.4, 0.5) is 5.69 Å². The maximum absolute atomic E-state index is 12.5. The maximum atomic E-state index is 12.5. The lowest BCUT2D eigenvalue weighted by Crippen LogP contribution is -2.40. The lowest BCUT2D eigenvalue weighted by molar-refractivity contribution is 0.102. The Morgan fingerprint density at radius 1 is 1.03 bits per heavy atom. The van der Waals surface area contributed by atoms with Crippen LogP contribution in [0, 0.1) is 0 Å². The van der Waals surface area contributed by atoms with Crippen molar-refractivity contribution in [3.63, 3.8) is 0 Å². The zero-order valence-corrected chi connectivity index (χ0v) is 17.6. The summed E-state index contributed by atoms with van der Waals surface area (Å²) >= 11 is 0. The van der Waals surface area contributed by atoms with Crippen LogP contribution in [-0.2, 0) is 10.0 Å². The van der Waals surface area contributed by atoms with Crippen LogP contribution in [0.1, 0.15) is 31.1 Å². The SMILES string of the molecule is CC(C)(C)NS(=O)(=O)c1ccc(C(=O)Nc2cccc(Oc3cnccn3)c2)cc1. The Hall–Kier alpha value is -3.30. The van der Waals surface area contributed by atoms with Crippen LogP contribution in [0.15, 0.2) is 72.0 Å². The first-order chi connectivity index (χ1) is 14.1. The van der Waals surface area contributed by atoms with E-state index in [1.54, 1.807) is 51.2 Å². The number of hydrogen-bond donors (Lipinski definition) is 2. The van der Waals surface area contributed by atoms with Crippen molar-refractivity contribution in [3.8, 4) is 11.6 Å². The van der Waals surface area contributed by atoms with Crippen LogP contribution < -0.4 is 14.8 Å². The number of sulfonamides is 1. The predicted molar refractivity (Wildman–Crippen MR) is 113 cm³/mol. The van der Waals surface area contributed by atoms with Crippen LogP contribution in [0.2, 0.25) is 0 Å². The van der Waals surface area contributed by atoms with Gasteiger partial charge in [-0.2, -0.15) is 0 Å². The molecule has 8 nitrogen and oxygen atoms in total. The molecule has 0 saturated carbocycles. The molecule has 3 aromatic rings. The molecule has 2 aromatic carbocycles. The number of benzene rings is 2. The highest BCUT2D eigenvalue weighted by atomic mass is 32.2. The van der Waals surface area contributed by atoms with Gasteiger partial charge in [-0.3, -0.25) is 9.78 Å². The third kappa shape index (κ3) is 5.85. The quantitative estimate of drug-likeness (QED) is 0.623. The van der Waals surface area contributed by atoms with Gasteiger partial charge < -0.3 is 10.1 Å². The summed E-state index contributed by atoms with van der Waals surface area (Å²) in [4.78, 5) is 20.6. The number of anilines is 1. The van der Waals surface area contributed by atoms with Gasteiger partial charge in [-0.25, -0.2) is 18.1 Å². The molecule has 2 N–H and O–H groups in total. The van der Waals surface area contributed by atoms with Crippen LogP contribution in [-0.4, -0.2) is 29.8 Å². The topological polar surface area (TPSA) is 110 Å². The molecular weight excluding hydrogens is 404 g/mol. The van der Waals surface area contributed by atoms with E-state index in [9.17, 15) is 13.2 Å². The normalized spacial score (nSPS) is 11.7. The first-order valence-electron chi connectivity index (χ1n) is 9.12.